The molecule has 7 heteroatoms. The lowest BCUT2D eigenvalue weighted by atomic mass is 10.1. The van der Waals surface area contributed by atoms with Crippen LogP contribution in [0.2, 0.25) is 0 Å². The van der Waals surface area contributed by atoms with E-state index in [9.17, 15) is 4.79 Å². The van der Waals surface area contributed by atoms with Gasteiger partial charge < -0.3 is 18.8 Å². The van der Waals surface area contributed by atoms with Crippen molar-refractivity contribution in [3.63, 3.8) is 0 Å². The molecule has 0 aromatic carbocycles. The maximum atomic E-state index is 12.9. The largest absolute Gasteiger partial charge is 0.469 e. The first-order valence-electron chi connectivity index (χ1n) is 9.35. The maximum absolute atomic E-state index is 12.9. The number of carbonyl (C=O) groups is 1. The molecular weight excluding hydrogens is 330 g/mol. The van der Waals surface area contributed by atoms with E-state index in [1.54, 1.807) is 12.3 Å². The molecular formula is C19H27N5O2. The molecule has 4 heterocycles. The number of likely N-dealkylation sites (N-methyl/N-ethyl adjacent to an activating group) is 1. The van der Waals surface area contributed by atoms with Gasteiger partial charge in [0.25, 0.3) is 5.91 Å². The number of aromatic nitrogens is 2. The molecule has 4 rings (SSSR count). The molecule has 1 unspecified atom stereocenters. The van der Waals surface area contributed by atoms with Crippen LogP contribution >= 0.6 is 0 Å². The fourth-order valence-electron chi connectivity index (χ4n) is 3.96. The molecule has 2 aliphatic rings. The molecule has 2 aromatic heterocycles. The molecule has 0 spiro atoms. The second kappa shape index (κ2) is 6.89. The number of imidazole rings is 1. The zero-order chi connectivity index (χ0) is 18.3. The van der Waals surface area contributed by atoms with E-state index in [0.29, 0.717) is 17.9 Å². The fourth-order valence-corrected chi connectivity index (χ4v) is 3.96. The van der Waals surface area contributed by atoms with Crippen LogP contribution in [0.1, 0.15) is 40.6 Å². The molecule has 2 aliphatic heterocycles. The maximum Gasteiger partial charge on any atom is 0.258 e. The summed E-state index contributed by atoms with van der Waals surface area (Å²) in [5, 5.41) is 0. The van der Waals surface area contributed by atoms with Crippen LogP contribution in [0.25, 0.3) is 0 Å². The lowest BCUT2D eigenvalue weighted by Crippen LogP contribution is -2.45. The minimum absolute atomic E-state index is 0.0265. The standard InChI is InChI=1S/C19H27N5O2/c1-14-18-20-12-16(13-22-7-5-21(3)6-8-22)24(18)10-9-23(14)19(25)17-4-11-26-15(17)2/h4,11-12,14H,5-10,13H2,1-3H3. The Bertz CT molecular complexity index is 788. The normalized spacial score (nSPS) is 21.8. The molecule has 7 nitrogen and oxygen atoms in total. The molecule has 0 radical (unpaired) electrons. The summed E-state index contributed by atoms with van der Waals surface area (Å²) in [5.41, 5.74) is 1.90. The quantitative estimate of drug-likeness (QED) is 0.838. The number of hydrogen-bond donors (Lipinski definition) is 0. The van der Waals surface area contributed by atoms with Crippen molar-refractivity contribution in [2.75, 3.05) is 39.8 Å². The molecule has 2 aromatic rings. The molecule has 1 saturated heterocycles. The second-order valence-electron chi connectivity index (χ2n) is 7.40. The lowest BCUT2D eigenvalue weighted by Gasteiger charge is -2.35. The van der Waals surface area contributed by atoms with Gasteiger partial charge in [-0.25, -0.2) is 4.98 Å². The summed E-state index contributed by atoms with van der Waals surface area (Å²) in [6.45, 7) is 10.7. The van der Waals surface area contributed by atoms with Crippen LogP contribution in [-0.4, -0.2) is 69.9 Å². The molecule has 1 amide bonds. The Morgan fingerprint density at radius 2 is 2.00 bits per heavy atom. The highest BCUT2D eigenvalue weighted by molar-refractivity contribution is 5.95. The highest BCUT2D eigenvalue weighted by Gasteiger charge is 2.32. The van der Waals surface area contributed by atoms with Crippen LogP contribution in [0, 0.1) is 6.92 Å². The number of fused-ring (bicyclic) bond motifs is 1. The summed E-state index contributed by atoms with van der Waals surface area (Å²) in [6, 6.07) is 1.72. The summed E-state index contributed by atoms with van der Waals surface area (Å²) < 4.78 is 7.60. The van der Waals surface area contributed by atoms with Gasteiger partial charge in [-0.1, -0.05) is 0 Å². The minimum Gasteiger partial charge on any atom is -0.469 e. The SMILES string of the molecule is Cc1occc1C(=O)N1CCn2c(CN3CCN(C)CC3)cnc2C1C. The number of carbonyl (C=O) groups excluding carboxylic acids is 1. The first-order chi connectivity index (χ1) is 12.5. The predicted octanol–water partition coefficient (Wildman–Crippen LogP) is 1.75. The average molecular weight is 357 g/mol. The Labute approximate surface area is 154 Å². The van der Waals surface area contributed by atoms with Crippen molar-refractivity contribution in [3.8, 4) is 0 Å². The summed E-state index contributed by atoms with van der Waals surface area (Å²) in [4.78, 5) is 24.3. The van der Waals surface area contributed by atoms with E-state index in [1.165, 1.54) is 5.69 Å². The first kappa shape index (κ1) is 17.3. The van der Waals surface area contributed by atoms with Crippen molar-refractivity contribution < 1.29 is 9.21 Å². The Morgan fingerprint density at radius 1 is 1.23 bits per heavy atom. The Hall–Kier alpha value is -2.12. The zero-order valence-corrected chi connectivity index (χ0v) is 15.8. The second-order valence-corrected chi connectivity index (χ2v) is 7.40. The molecule has 0 N–H and O–H groups in total. The van der Waals surface area contributed by atoms with Crippen LogP contribution in [0.3, 0.4) is 0 Å². The van der Waals surface area contributed by atoms with E-state index >= 15 is 0 Å². The van der Waals surface area contributed by atoms with Crippen molar-refractivity contribution in [2.24, 2.45) is 0 Å². The predicted molar refractivity (Wildman–Crippen MR) is 97.9 cm³/mol. The van der Waals surface area contributed by atoms with Crippen LogP contribution in [0.15, 0.2) is 22.9 Å². The minimum atomic E-state index is -0.0354. The van der Waals surface area contributed by atoms with Gasteiger partial charge in [-0.15, -0.1) is 0 Å². The third kappa shape index (κ3) is 3.05. The number of aryl methyl sites for hydroxylation is 1. The molecule has 0 aliphatic carbocycles. The van der Waals surface area contributed by atoms with E-state index < -0.39 is 0 Å². The number of piperazine rings is 1. The van der Waals surface area contributed by atoms with Crippen LogP contribution < -0.4 is 0 Å². The fraction of sp³-hybridized carbons (Fsp3) is 0.579. The van der Waals surface area contributed by atoms with Crippen LogP contribution in [0.4, 0.5) is 0 Å². The van der Waals surface area contributed by atoms with Gasteiger partial charge in [0.1, 0.15) is 11.6 Å². The van der Waals surface area contributed by atoms with E-state index in [-0.39, 0.29) is 11.9 Å². The number of furan rings is 1. The molecule has 1 fully saturated rings. The smallest absolute Gasteiger partial charge is 0.258 e. The number of rotatable bonds is 3. The molecule has 1 atom stereocenters. The first-order valence-corrected chi connectivity index (χ1v) is 9.35. The Kier molecular flexibility index (Phi) is 4.58. The van der Waals surface area contributed by atoms with Gasteiger partial charge in [-0.05, 0) is 27.0 Å². The molecule has 26 heavy (non-hydrogen) atoms. The highest BCUT2D eigenvalue weighted by Crippen LogP contribution is 2.28. The summed E-state index contributed by atoms with van der Waals surface area (Å²) in [5.74, 6) is 1.68. The van der Waals surface area contributed by atoms with E-state index in [0.717, 1.165) is 45.1 Å². The highest BCUT2D eigenvalue weighted by atomic mass is 16.3. The van der Waals surface area contributed by atoms with Crippen molar-refractivity contribution in [3.05, 3.63) is 41.4 Å². The molecule has 0 bridgehead atoms. The van der Waals surface area contributed by atoms with Gasteiger partial charge in [0.2, 0.25) is 0 Å². The van der Waals surface area contributed by atoms with E-state index in [2.05, 4.69) is 33.3 Å². The van der Waals surface area contributed by atoms with E-state index in [4.69, 9.17) is 4.42 Å². The van der Waals surface area contributed by atoms with Crippen molar-refractivity contribution in [2.45, 2.75) is 33.0 Å². The van der Waals surface area contributed by atoms with E-state index in [1.807, 2.05) is 18.0 Å². The molecule has 0 saturated carbocycles. The third-order valence-electron chi connectivity index (χ3n) is 5.71. The van der Waals surface area contributed by atoms with Crippen molar-refractivity contribution >= 4 is 5.91 Å². The van der Waals surface area contributed by atoms with Gasteiger partial charge >= 0.3 is 0 Å². The Morgan fingerprint density at radius 3 is 2.69 bits per heavy atom. The summed E-state index contributed by atoms with van der Waals surface area (Å²) >= 11 is 0. The molecule has 140 valence electrons. The zero-order valence-electron chi connectivity index (χ0n) is 15.8. The van der Waals surface area contributed by atoms with Gasteiger partial charge in [0.05, 0.1) is 23.6 Å². The Balaban J connectivity index is 1.49. The van der Waals surface area contributed by atoms with Crippen LogP contribution in [0.5, 0.6) is 0 Å². The summed E-state index contributed by atoms with van der Waals surface area (Å²) in [7, 11) is 2.17. The topological polar surface area (TPSA) is 57.8 Å². The van der Waals surface area contributed by atoms with Crippen molar-refractivity contribution in [1.82, 2.24) is 24.3 Å². The summed E-state index contributed by atoms with van der Waals surface area (Å²) in [6.07, 6.45) is 3.56. The number of hydrogen-bond acceptors (Lipinski definition) is 5. The lowest BCUT2D eigenvalue weighted by molar-refractivity contribution is 0.0632. The van der Waals surface area contributed by atoms with Gasteiger partial charge in [-0.2, -0.15) is 0 Å². The number of nitrogens with zero attached hydrogens (tertiary/aromatic N) is 5. The van der Waals surface area contributed by atoms with Gasteiger partial charge in [-0.3, -0.25) is 9.69 Å². The third-order valence-corrected chi connectivity index (χ3v) is 5.71. The average Bonchev–Trinajstić information content (AvgIpc) is 3.24. The van der Waals surface area contributed by atoms with Crippen LogP contribution in [-0.2, 0) is 13.1 Å². The van der Waals surface area contributed by atoms with Gasteiger partial charge in [0.15, 0.2) is 0 Å². The van der Waals surface area contributed by atoms with Crippen molar-refractivity contribution in [1.29, 1.82) is 0 Å². The van der Waals surface area contributed by atoms with Gasteiger partial charge in [0, 0.05) is 52.0 Å². The monoisotopic (exact) mass is 357 g/mol. The number of amides is 1.